The highest BCUT2D eigenvalue weighted by Gasteiger charge is 2.14. The largest absolute Gasteiger partial charge is 0.359 e. The normalized spacial score (nSPS) is 12.5. The first-order valence-electron chi connectivity index (χ1n) is 4.22. The van der Waals surface area contributed by atoms with Crippen molar-refractivity contribution in [3.05, 3.63) is 22.4 Å². The summed E-state index contributed by atoms with van der Waals surface area (Å²) in [6.07, 6.45) is 0.480. The van der Waals surface area contributed by atoms with Crippen LogP contribution in [0.15, 0.2) is 17.5 Å². The fraction of sp³-hybridized carbons (Fsp3) is 0.444. The molecule has 0 saturated heterocycles. The third-order valence-corrected chi connectivity index (χ3v) is 2.98. The minimum Gasteiger partial charge on any atom is -0.359 e. The number of thiophene rings is 1. The minimum absolute atomic E-state index is 0.0452. The summed E-state index contributed by atoms with van der Waals surface area (Å²) in [5.74, 6) is 0.212. The lowest BCUT2D eigenvalue weighted by Crippen LogP contribution is -2.23. The van der Waals surface area contributed by atoms with Crippen LogP contribution in [0.5, 0.6) is 0 Å². The van der Waals surface area contributed by atoms with E-state index >= 15 is 0 Å². The molecular formula is C9H14N2OS. The highest BCUT2D eigenvalue weighted by atomic mass is 32.1. The Morgan fingerprint density at radius 1 is 1.77 bits per heavy atom. The predicted octanol–water partition coefficient (Wildman–Crippen LogP) is 0.927. The van der Waals surface area contributed by atoms with Crippen molar-refractivity contribution < 1.29 is 4.79 Å². The lowest BCUT2D eigenvalue weighted by Gasteiger charge is -2.10. The van der Waals surface area contributed by atoms with Crippen molar-refractivity contribution in [2.24, 2.45) is 5.73 Å². The van der Waals surface area contributed by atoms with Crippen LogP contribution in [0.1, 0.15) is 17.2 Å². The maximum Gasteiger partial charge on any atom is 0.220 e. The lowest BCUT2D eigenvalue weighted by atomic mass is 10.0. The molecule has 1 amide bonds. The molecule has 72 valence electrons. The fourth-order valence-electron chi connectivity index (χ4n) is 1.15. The Kier molecular flexibility index (Phi) is 3.92. The van der Waals surface area contributed by atoms with Crippen molar-refractivity contribution in [2.75, 3.05) is 13.6 Å². The second-order valence-corrected chi connectivity index (χ2v) is 3.80. The Morgan fingerprint density at radius 3 is 3.00 bits per heavy atom. The van der Waals surface area contributed by atoms with Gasteiger partial charge in [-0.15, -0.1) is 11.3 Å². The molecule has 3 N–H and O–H groups in total. The van der Waals surface area contributed by atoms with Crippen LogP contribution in [-0.4, -0.2) is 19.5 Å². The van der Waals surface area contributed by atoms with Crippen LogP contribution in [0, 0.1) is 0 Å². The molecule has 1 heterocycles. The SMILES string of the molecule is CNC(=O)CC(CN)c1cccs1. The number of nitrogens with two attached hydrogens (primary N) is 1. The number of amides is 1. The summed E-state index contributed by atoms with van der Waals surface area (Å²) in [5, 5.41) is 4.60. The number of carbonyl (C=O) groups is 1. The van der Waals surface area contributed by atoms with Crippen LogP contribution < -0.4 is 11.1 Å². The molecule has 4 heteroatoms. The summed E-state index contributed by atoms with van der Waals surface area (Å²) in [6, 6.07) is 4.00. The molecular weight excluding hydrogens is 184 g/mol. The molecule has 0 spiro atoms. The molecule has 1 unspecified atom stereocenters. The number of nitrogens with one attached hydrogen (secondary N) is 1. The van der Waals surface area contributed by atoms with Crippen LogP contribution in [0.3, 0.4) is 0 Å². The topological polar surface area (TPSA) is 55.1 Å². The second-order valence-electron chi connectivity index (χ2n) is 2.83. The van der Waals surface area contributed by atoms with Gasteiger partial charge in [0.25, 0.3) is 0 Å². The van der Waals surface area contributed by atoms with Gasteiger partial charge in [-0.3, -0.25) is 4.79 Å². The first kappa shape index (κ1) is 10.2. The molecule has 0 saturated carbocycles. The maximum absolute atomic E-state index is 11.1. The van der Waals surface area contributed by atoms with E-state index in [0.29, 0.717) is 13.0 Å². The molecule has 13 heavy (non-hydrogen) atoms. The van der Waals surface area contributed by atoms with E-state index in [0.717, 1.165) is 0 Å². The van der Waals surface area contributed by atoms with Gasteiger partial charge < -0.3 is 11.1 Å². The van der Waals surface area contributed by atoms with Gasteiger partial charge in [0, 0.05) is 30.8 Å². The van der Waals surface area contributed by atoms with Gasteiger partial charge in [0.05, 0.1) is 0 Å². The zero-order valence-corrected chi connectivity index (χ0v) is 8.43. The van der Waals surface area contributed by atoms with Crippen LogP contribution in [0.25, 0.3) is 0 Å². The highest BCUT2D eigenvalue weighted by Crippen LogP contribution is 2.22. The molecule has 0 radical (unpaired) electrons. The van der Waals surface area contributed by atoms with E-state index in [-0.39, 0.29) is 11.8 Å². The van der Waals surface area contributed by atoms with Crippen LogP contribution in [-0.2, 0) is 4.79 Å². The summed E-state index contributed by atoms with van der Waals surface area (Å²) < 4.78 is 0. The van der Waals surface area contributed by atoms with E-state index in [4.69, 9.17) is 5.73 Å². The van der Waals surface area contributed by atoms with Crippen molar-refractivity contribution in [1.82, 2.24) is 5.32 Å². The van der Waals surface area contributed by atoms with Gasteiger partial charge in [0.15, 0.2) is 0 Å². The standard InChI is InChI=1S/C9H14N2OS/c1-11-9(12)5-7(6-10)8-3-2-4-13-8/h2-4,7H,5-6,10H2,1H3,(H,11,12). The van der Waals surface area contributed by atoms with Crippen molar-refractivity contribution in [3.63, 3.8) is 0 Å². The monoisotopic (exact) mass is 198 g/mol. The molecule has 1 aromatic heterocycles. The van der Waals surface area contributed by atoms with E-state index < -0.39 is 0 Å². The molecule has 0 aromatic carbocycles. The summed E-state index contributed by atoms with van der Waals surface area (Å²) in [4.78, 5) is 12.3. The Balaban J connectivity index is 2.58. The van der Waals surface area contributed by atoms with Crippen LogP contribution in [0.2, 0.25) is 0 Å². The van der Waals surface area contributed by atoms with E-state index in [1.807, 2.05) is 17.5 Å². The smallest absolute Gasteiger partial charge is 0.220 e. The molecule has 0 bridgehead atoms. The number of rotatable bonds is 4. The van der Waals surface area contributed by atoms with Gasteiger partial charge in [-0.05, 0) is 11.4 Å². The molecule has 0 aliphatic carbocycles. The zero-order valence-electron chi connectivity index (χ0n) is 7.62. The Hall–Kier alpha value is -0.870. The number of hydrogen-bond donors (Lipinski definition) is 2. The summed E-state index contributed by atoms with van der Waals surface area (Å²) in [5.41, 5.74) is 5.59. The lowest BCUT2D eigenvalue weighted by molar-refractivity contribution is -0.120. The Labute approximate surface area is 81.9 Å². The van der Waals surface area contributed by atoms with Gasteiger partial charge in [0.1, 0.15) is 0 Å². The molecule has 1 rings (SSSR count). The third kappa shape index (κ3) is 2.82. The van der Waals surface area contributed by atoms with Crippen molar-refractivity contribution in [1.29, 1.82) is 0 Å². The van der Waals surface area contributed by atoms with E-state index in [9.17, 15) is 4.79 Å². The molecule has 0 aliphatic heterocycles. The molecule has 1 atom stereocenters. The minimum atomic E-state index is 0.0452. The number of hydrogen-bond acceptors (Lipinski definition) is 3. The first-order chi connectivity index (χ1) is 6.27. The molecule has 1 aromatic rings. The predicted molar refractivity (Wildman–Crippen MR) is 54.8 cm³/mol. The molecule has 0 aliphatic rings. The van der Waals surface area contributed by atoms with Crippen molar-refractivity contribution >= 4 is 17.2 Å². The Bertz CT molecular complexity index is 259. The van der Waals surface area contributed by atoms with Gasteiger partial charge in [-0.2, -0.15) is 0 Å². The second kappa shape index (κ2) is 4.99. The zero-order chi connectivity index (χ0) is 9.68. The fourth-order valence-corrected chi connectivity index (χ4v) is 1.99. The molecule has 0 fully saturated rings. The van der Waals surface area contributed by atoms with Gasteiger partial charge in [-0.1, -0.05) is 6.07 Å². The van der Waals surface area contributed by atoms with E-state index in [2.05, 4.69) is 5.32 Å². The maximum atomic E-state index is 11.1. The summed E-state index contributed by atoms with van der Waals surface area (Å²) >= 11 is 1.65. The van der Waals surface area contributed by atoms with Crippen LogP contribution in [0.4, 0.5) is 0 Å². The van der Waals surface area contributed by atoms with Crippen molar-refractivity contribution in [3.8, 4) is 0 Å². The van der Waals surface area contributed by atoms with E-state index in [1.54, 1.807) is 18.4 Å². The van der Waals surface area contributed by atoms with Gasteiger partial charge in [0.2, 0.25) is 5.91 Å². The van der Waals surface area contributed by atoms with Gasteiger partial charge >= 0.3 is 0 Å². The quantitative estimate of drug-likeness (QED) is 0.756. The van der Waals surface area contributed by atoms with E-state index in [1.165, 1.54) is 4.88 Å². The highest BCUT2D eigenvalue weighted by molar-refractivity contribution is 7.10. The third-order valence-electron chi connectivity index (χ3n) is 1.94. The summed E-state index contributed by atoms with van der Waals surface area (Å²) in [6.45, 7) is 0.522. The first-order valence-corrected chi connectivity index (χ1v) is 5.10. The Morgan fingerprint density at radius 2 is 2.54 bits per heavy atom. The molecule has 3 nitrogen and oxygen atoms in total. The van der Waals surface area contributed by atoms with Gasteiger partial charge in [-0.25, -0.2) is 0 Å². The van der Waals surface area contributed by atoms with Crippen molar-refractivity contribution in [2.45, 2.75) is 12.3 Å². The average Bonchev–Trinajstić information content (AvgIpc) is 2.66. The van der Waals surface area contributed by atoms with Crippen LogP contribution >= 0.6 is 11.3 Å². The summed E-state index contributed by atoms with van der Waals surface area (Å²) in [7, 11) is 1.64. The number of carbonyl (C=O) groups excluding carboxylic acids is 1. The average molecular weight is 198 g/mol.